The number of phenolic OH excluding ortho intramolecular Hbond substituents is 1. The molecule has 2 aromatic rings. The van der Waals surface area contributed by atoms with E-state index in [1.807, 2.05) is 30.3 Å². The predicted octanol–water partition coefficient (Wildman–Crippen LogP) is 2.54. The first kappa shape index (κ1) is 15.2. The second-order valence-electron chi connectivity index (χ2n) is 5.76. The fraction of sp³-hybridized carbons (Fsp3) is 0.278. The number of carbonyl (C=O) groups excluding carboxylic acids is 1. The van der Waals surface area contributed by atoms with E-state index in [1.165, 1.54) is 5.56 Å². The van der Waals surface area contributed by atoms with Gasteiger partial charge in [-0.15, -0.1) is 0 Å². The molecule has 0 aliphatic carbocycles. The van der Waals surface area contributed by atoms with Crippen LogP contribution in [0.15, 0.2) is 48.5 Å². The Morgan fingerprint density at radius 2 is 2.13 bits per heavy atom. The quantitative estimate of drug-likeness (QED) is 0.912. The van der Waals surface area contributed by atoms with E-state index in [4.69, 9.17) is 4.74 Å². The lowest BCUT2D eigenvalue weighted by molar-refractivity contribution is 0.191. The summed E-state index contributed by atoms with van der Waals surface area (Å²) in [6.45, 7) is 0.907. The number of para-hydroxylation sites is 1. The van der Waals surface area contributed by atoms with Crippen LogP contribution in [-0.4, -0.2) is 35.7 Å². The van der Waals surface area contributed by atoms with Gasteiger partial charge in [0, 0.05) is 20.0 Å². The maximum atomic E-state index is 12.2. The van der Waals surface area contributed by atoms with Crippen LogP contribution in [-0.2, 0) is 13.0 Å². The van der Waals surface area contributed by atoms with Crippen molar-refractivity contribution >= 4 is 6.03 Å². The molecule has 0 bridgehead atoms. The molecule has 1 aliphatic heterocycles. The van der Waals surface area contributed by atoms with Crippen LogP contribution in [0.4, 0.5) is 4.79 Å². The highest BCUT2D eigenvalue weighted by molar-refractivity contribution is 5.73. The van der Waals surface area contributed by atoms with Gasteiger partial charge in [-0.05, 0) is 29.3 Å². The zero-order chi connectivity index (χ0) is 16.2. The maximum absolute atomic E-state index is 12.2. The SMILES string of the molecule is CN(Cc1cccc(O)c1)C(=O)NC[C@H]1Cc2ccccc2O1. The molecule has 0 saturated carbocycles. The molecular formula is C18H20N2O3. The van der Waals surface area contributed by atoms with Gasteiger partial charge < -0.3 is 20.1 Å². The van der Waals surface area contributed by atoms with E-state index in [0.717, 1.165) is 17.7 Å². The number of amides is 2. The number of fused-ring (bicyclic) bond motifs is 1. The van der Waals surface area contributed by atoms with E-state index in [0.29, 0.717) is 13.1 Å². The van der Waals surface area contributed by atoms with Gasteiger partial charge in [0.1, 0.15) is 17.6 Å². The third kappa shape index (κ3) is 3.74. The van der Waals surface area contributed by atoms with Crippen LogP contribution in [0.5, 0.6) is 11.5 Å². The Labute approximate surface area is 135 Å². The molecule has 1 heterocycles. The molecule has 120 valence electrons. The van der Waals surface area contributed by atoms with Crippen molar-refractivity contribution in [1.29, 1.82) is 0 Å². The monoisotopic (exact) mass is 312 g/mol. The Morgan fingerprint density at radius 3 is 2.91 bits per heavy atom. The highest BCUT2D eigenvalue weighted by Gasteiger charge is 2.23. The normalized spacial score (nSPS) is 15.6. The number of aromatic hydroxyl groups is 1. The molecule has 1 aliphatic rings. The summed E-state index contributed by atoms with van der Waals surface area (Å²) in [5, 5.41) is 12.4. The summed E-state index contributed by atoms with van der Waals surface area (Å²) in [6.07, 6.45) is 0.790. The zero-order valence-electron chi connectivity index (χ0n) is 13.0. The molecule has 0 radical (unpaired) electrons. The van der Waals surface area contributed by atoms with Gasteiger partial charge in [0.15, 0.2) is 0 Å². The van der Waals surface area contributed by atoms with Crippen molar-refractivity contribution in [3.63, 3.8) is 0 Å². The second-order valence-corrected chi connectivity index (χ2v) is 5.76. The topological polar surface area (TPSA) is 61.8 Å². The summed E-state index contributed by atoms with van der Waals surface area (Å²) in [7, 11) is 1.73. The smallest absolute Gasteiger partial charge is 0.317 e. The lowest BCUT2D eigenvalue weighted by Gasteiger charge is -2.19. The van der Waals surface area contributed by atoms with E-state index in [1.54, 1.807) is 30.1 Å². The number of rotatable bonds is 4. The minimum absolute atomic E-state index is 0.0227. The second kappa shape index (κ2) is 6.60. The summed E-state index contributed by atoms with van der Waals surface area (Å²) in [6, 6.07) is 14.7. The van der Waals surface area contributed by atoms with Gasteiger partial charge in [-0.1, -0.05) is 30.3 Å². The highest BCUT2D eigenvalue weighted by Crippen LogP contribution is 2.27. The van der Waals surface area contributed by atoms with Gasteiger partial charge in [-0.2, -0.15) is 0 Å². The number of nitrogens with one attached hydrogen (secondary N) is 1. The van der Waals surface area contributed by atoms with Crippen molar-refractivity contribution in [3.05, 3.63) is 59.7 Å². The van der Waals surface area contributed by atoms with Crippen LogP contribution in [0.25, 0.3) is 0 Å². The molecular weight excluding hydrogens is 292 g/mol. The summed E-state index contributed by atoms with van der Waals surface area (Å²) >= 11 is 0. The number of benzene rings is 2. The van der Waals surface area contributed by atoms with E-state index >= 15 is 0 Å². The minimum Gasteiger partial charge on any atom is -0.508 e. The van der Waals surface area contributed by atoms with Gasteiger partial charge >= 0.3 is 6.03 Å². The third-order valence-corrected chi connectivity index (χ3v) is 3.87. The predicted molar refractivity (Wildman–Crippen MR) is 87.5 cm³/mol. The first-order chi connectivity index (χ1) is 11.1. The number of phenols is 1. The molecule has 0 unspecified atom stereocenters. The standard InChI is InChI=1S/C18H20N2O3/c1-20(12-13-5-4-7-15(21)9-13)18(22)19-11-16-10-14-6-2-3-8-17(14)23-16/h2-9,16,21H,10-12H2,1H3,(H,19,22)/t16-/m1/s1. The van der Waals surface area contributed by atoms with E-state index in [-0.39, 0.29) is 17.9 Å². The van der Waals surface area contributed by atoms with Crippen LogP contribution < -0.4 is 10.1 Å². The molecule has 23 heavy (non-hydrogen) atoms. The molecule has 0 spiro atoms. The van der Waals surface area contributed by atoms with Crippen molar-refractivity contribution in [2.45, 2.75) is 19.1 Å². The molecule has 1 atom stereocenters. The average Bonchev–Trinajstić information content (AvgIpc) is 2.95. The van der Waals surface area contributed by atoms with Crippen LogP contribution in [0.1, 0.15) is 11.1 Å². The van der Waals surface area contributed by atoms with Crippen molar-refractivity contribution in [1.82, 2.24) is 10.2 Å². The molecule has 0 aromatic heterocycles. The first-order valence-electron chi connectivity index (χ1n) is 7.63. The molecule has 0 saturated heterocycles. The largest absolute Gasteiger partial charge is 0.508 e. The fourth-order valence-corrected chi connectivity index (χ4v) is 2.70. The molecule has 2 aromatic carbocycles. The van der Waals surface area contributed by atoms with Crippen molar-refractivity contribution in [2.75, 3.05) is 13.6 Å². The fourth-order valence-electron chi connectivity index (χ4n) is 2.70. The van der Waals surface area contributed by atoms with Crippen molar-refractivity contribution < 1.29 is 14.6 Å². The number of carbonyl (C=O) groups is 1. The van der Waals surface area contributed by atoms with Crippen LogP contribution in [0.2, 0.25) is 0 Å². The van der Waals surface area contributed by atoms with Crippen molar-refractivity contribution in [3.8, 4) is 11.5 Å². The summed E-state index contributed by atoms with van der Waals surface area (Å²) < 4.78 is 5.80. The lowest BCUT2D eigenvalue weighted by atomic mass is 10.1. The number of urea groups is 1. The summed E-state index contributed by atoms with van der Waals surface area (Å²) in [5.74, 6) is 1.10. The van der Waals surface area contributed by atoms with Gasteiger partial charge in [-0.25, -0.2) is 4.79 Å². The molecule has 5 nitrogen and oxygen atoms in total. The zero-order valence-corrected chi connectivity index (χ0v) is 13.0. The van der Waals surface area contributed by atoms with Crippen LogP contribution in [0, 0.1) is 0 Å². The van der Waals surface area contributed by atoms with E-state index in [2.05, 4.69) is 5.32 Å². The highest BCUT2D eigenvalue weighted by atomic mass is 16.5. The van der Waals surface area contributed by atoms with Crippen molar-refractivity contribution in [2.24, 2.45) is 0 Å². The van der Waals surface area contributed by atoms with Crippen LogP contribution in [0.3, 0.4) is 0 Å². The Bertz CT molecular complexity index is 677. The molecule has 2 amide bonds. The van der Waals surface area contributed by atoms with E-state index < -0.39 is 0 Å². The lowest BCUT2D eigenvalue weighted by Crippen LogP contribution is -2.41. The Kier molecular flexibility index (Phi) is 4.37. The molecule has 5 heteroatoms. The molecule has 0 fully saturated rings. The Balaban J connectivity index is 1.48. The Morgan fingerprint density at radius 1 is 1.30 bits per heavy atom. The third-order valence-electron chi connectivity index (χ3n) is 3.87. The number of hydrogen-bond acceptors (Lipinski definition) is 3. The Hall–Kier alpha value is -2.69. The molecule has 3 rings (SSSR count). The summed E-state index contributed by atoms with van der Waals surface area (Å²) in [5.41, 5.74) is 2.06. The number of hydrogen-bond donors (Lipinski definition) is 2. The van der Waals surface area contributed by atoms with E-state index in [9.17, 15) is 9.90 Å². The van der Waals surface area contributed by atoms with Gasteiger partial charge in [0.25, 0.3) is 0 Å². The van der Waals surface area contributed by atoms with Crippen LogP contribution >= 0.6 is 0 Å². The molecule has 2 N–H and O–H groups in total. The minimum atomic E-state index is -0.159. The number of ether oxygens (including phenoxy) is 1. The van der Waals surface area contributed by atoms with Gasteiger partial charge in [0.2, 0.25) is 0 Å². The summed E-state index contributed by atoms with van der Waals surface area (Å²) in [4.78, 5) is 13.7. The first-order valence-corrected chi connectivity index (χ1v) is 7.63. The average molecular weight is 312 g/mol. The maximum Gasteiger partial charge on any atom is 0.317 e. The van der Waals surface area contributed by atoms with Gasteiger partial charge in [0.05, 0.1) is 6.54 Å². The number of nitrogens with zero attached hydrogens (tertiary/aromatic N) is 1. The van der Waals surface area contributed by atoms with Gasteiger partial charge in [-0.3, -0.25) is 0 Å².